The lowest BCUT2D eigenvalue weighted by atomic mass is 9.88. The molecular formula is C17H28N8O3S. The molecule has 0 spiro atoms. The van der Waals surface area contributed by atoms with Gasteiger partial charge in [-0.1, -0.05) is 5.22 Å². The number of hydrogen-bond acceptors (Lipinski definition) is 8. The molecule has 2 saturated heterocycles. The minimum Gasteiger partial charge on any atom is -0.379 e. The third kappa shape index (κ3) is 4.89. The van der Waals surface area contributed by atoms with Crippen LogP contribution in [0.4, 0.5) is 5.69 Å². The minimum absolute atomic E-state index is 0.0314. The van der Waals surface area contributed by atoms with Crippen molar-refractivity contribution in [1.82, 2.24) is 9.88 Å². The van der Waals surface area contributed by atoms with Crippen molar-refractivity contribution in [2.24, 2.45) is 27.2 Å². The molecule has 2 fully saturated rings. The fourth-order valence-corrected chi connectivity index (χ4v) is 4.84. The summed E-state index contributed by atoms with van der Waals surface area (Å²) in [5, 5.41) is 19.6. The van der Waals surface area contributed by atoms with E-state index in [4.69, 9.17) is 21.1 Å². The van der Waals surface area contributed by atoms with E-state index >= 15 is 0 Å². The Labute approximate surface area is 170 Å². The molecule has 1 aromatic heterocycles. The molecule has 12 heteroatoms. The summed E-state index contributed by atoms with van der Waals surface area (Å²) in [6.07, 6.45) is 3.29. The van der Waals surface area contributed by atoms with Gasteiger partial charge in [0, 0.05) is 38.4 Å². The Morgan fingerprint density at radius 1 is 1.31 bits per heavy atom. The van der Waals surface area contributed by atoms with Crippen LogP contribution in [0.1, 0.15) is 25.3 Å². The number of aromatic nitrogens is 1. The van der Waals surface area contributed by atoms with E-state index in [1.807, 2.05) is 0 Å². The summed E-state index contributed by atoms with van der Waals surface area (Å²) in [5.41, 5.74) is 0.586. The summed E-state index contributed by atoms with van der Waals surface area (Å²) < 4.78 is 29.4. The molecule has 3 heterocycles. The fraction of sp³-hybridized carbons (Fsp3) is 0.647. The molecule has 29 heavy (non-hydrogen) atoms. The van der Waals surface area contributed by atoms with Crippen LogP contribution in [0.3, 0.4) is 0 Å². The Morgan fingerprint density at radius 3 is 2.55 bits per heavy atom. The number of pyridine rings is 1. The van der Waals surface area contributed by atoms with Crippen LogP contribution in [0.25, 0.3) is 0 Å². The lowest BCUT2D eigenvalue weighted by Crippen LogP contribution is -2.48. The van der Waals surface area contributed by atoms with Crippen LogP contribution < -0.4 is 15.9 Å². The number of piperidine rings is 1. The van der Waals surface area contributed by atoms with E-state index in [0.29, 0.717) is 17.6 Å². The van der Waals surface area contributed by atoms with E-state index < -0.39 is 15.0 Å². The van der Waals surface area contributed by atoms with Crippen LogP contribution in [0.15, 0.2) is 27.6 Å². The topological polar surface area (TPSA) is 163 Å². The highest BCUT2D eigenvalue weighted by molar-refractivity contribution is 7.89. The zero-order chi connectivity index (χ0) is 21.0. The lowest BCUT2D eigenvalue weighted by molar-refractivity contribution is 0.00449. The van der Waals surface area contributed by atoms with Crippen molar-refractivity contribution in [3.05, 3.63) is 17.8 Å². The zero-order valence-corrected chi connectivity index (χ0v) is 17.3. The van der Waals surface area contributed by atoms with Crippen LogP contribution in [-0.2, 0) is 14.8 Å². The molecule has 0 bridgehead atoms. The zero-order valence-electron chi connectivity index (χ0n) is 16.5. The maximum Gasteiger partial charge on any atom is 0.256 e. The van der Waals surface area contributed by atoms with Gasteiger partial charge in [-0.2, -0.15) is 0 Å². The largest absolute Gasteiger partial charge is 0.379 e. The number of primary sulfonamides is 1. The Morgan fingerprint density at radius 2 is 1.97 bits per heavy atom. The Hall–Kier alpha value is -2.15. The number of ether oxygens (including phenoxy) is 1. The van der Waals surface area contributed by atoms with Gasteiger partial charge in [0.2, 0.25) is 0 Å². The Balaban J connectivity index is 1.80. The van der Waals surface area contributed by atoms with Gasteiger partial charge >= 0.3 is 0 Å². The predicted molar refractivity (Wildman–Crippen MR) is 108 cm³/mol. The van der Waals surface area contributed by atoms with E-state index in [2.05, 4.69) is 32.0 Å². The minimum atomic E-state index is -4.14. The monoisotopic (exact) mass is 424 g/mol. The van der Waals surface area contributed by atoms with Crippen molar-refractivity contribution >= 4 is 21.5 Å². The van der Waals surface area contributed by atoms with Gasteiger partial charge in [-0.15, -0.1) is 5.11 Å². The van der Waals surface area contributed by atoms with E-state index in [1.165, 1.54) is 6.20 Å². The van der Waals surface area contributed by atoms with E-state index in [-0.39, 0.29) is 11.4 Å². The van der Waals surface area contributed by atoms with Crippen LogP contribution in [0.2, 0.25) is 0 Å². The highest BCUT2D eigenvalue weighted by Crippen LogP contribution is 2.31. The number of sulfonamides is 1. The van der Waals surface area contributed by atoms with Crippen molar-refractivity contribution in [1.29, 1.82) is 5.41 Å². The first kappa shape index (κ1) is 21.6. The van der Waals surface area contributed by atoms with Gasteiger partial charge in [0.1, 0.15) is 0 Å². The van der Waals surface area contributed by atoms with Gasteiger partial charge in [-0.05, 0) is 31.7 Å². The Kier molecular flexibility index (Phi) is 6.77. The van der Waals surface area contributed by atoms with E-state index in [1.54, 1.807) is 6.07 Å². The molecular weight excluding hydrogens is 396 g/mol. The number of nitrogens with two attached hydrogens (primary N) is 2. The summed E-state index contributed by atoms with van der Waals surface area (Å²) in [4.78, 5) is 8.39. The summed E-state index contributed by atoms with van der Waals surface area (Å²) in [5.74, 6) is 5.22. The van der Waals surface area contributed by atoms with Crippen LogP contribution in [-0.4, -0.2) is 69.6 Å². The van der Waals surface area contributed by atoms with Crippen molar-refractivity contribution in [2.75, 3.05) is 44.3 Å². The van der Waals surface area contributed by atoms with Crippen LogP contribution >= 0.6 is 0 Å². The van der Waals surface area contributed by atoms with Crippen molar-refractivity contribution < 1.29 is 13.2 Å². The highest BCUT2D eigenvalue weighted by Gasteiger charge is 2.31. The summed E-state index contributed by atoms with van der Waals surface area (Å²) in [6, 6.07) is 2.14. The van der Waals surface area contributed by atoms with Gasteiger partial charge in [-0.25, -0.2) is 18.5 Å². The second-order valence-electron chi connectivity index (χ2n) is 7.33. The van der Waals surface area contributed by atoms with Crippen molar-refractivity contribution in [2.45, 2.75) is 30.8 Å². The van der Waals surface area contributed by atoms with E-state index in [9.17, 15) is 8.42 Å². The summed E-state index contributed by atoms with van der Waals surface area (Å²) in [6.45, 7) is 7.18. The third-order valence-corrected chi connectivity index (χ3v) is 6.59. The molecule has 2 aliphatic rings. The number of amidine groups is 1. The normalized spacial score (nSPS) is 20.8. The van der Waals surface area contributed by atoms with Gasteiger partial charge < -0.3 is 15.5 Å². The van der Waals surface area contributed by atoms with Crippen LogP contribution in [0.5, 0.6) is 0 Å². The van der Waals surface area contributed by atoms with Gasteiger partial charge in [-0.3, -0.25) is 10.3 Å². The highest BCUT2D eigenvalue weighted by atomic mass is 32.2. The van der Waals surface area contributed by atoms with Crippen molar-refractivity contribution in [3.63, 3.8) is 0 Å². The molecule has 11 nitrogen and oxygen atoms in total. The average Bonchev–Trinajstić information content (AvgIpc) is 2.73. The maximum atomic E-state index is 12.0. The number of nitrogens with zero attached hydrogens (tertiary/aromatic N) is 5. The molecule has 0 aliphatic carbocycles. The average molecular weight is 425 g/mol. The van der Waals surface area contributed by atoms with E-state index in [0.717, 1.165) is 52.2 Å². The number of morpholine rings is 1. The number of rotatable bonds is 5. The number of hydrogen-bond donors (Lipinski definition) is 3. The molecule has 0 saturated carbocycles. The van der Waals surface area contributed by atoms with Gasteiger partial charge in [0.25, 0.3) is 10.0 Å². The smallest absolute Gasteiger partial charge is 0.256 e. The summed E-state index contributed by atoms with van der Waals surface area (Å²) >= 11 is 0. The quantitative estimate of drug-likeness (QED) is 0.201. The molecule has 5 N–H and O–H groups in total. The maximum absolute atomic E-state index is 12.0. The standard InChI is InChI=1S/C17H28N8O3S/c1-12(24-8-10-28-11-9-24)13-3-6-25(7-4-13)14-2-5-21-17(29(20,26)27)15(14)16(18)22-23-19/h2,5,12-13H,3-4,6-11H2,1H3,(H3,18,19,22)(H2,20,26,27). The molecule has 0 radical (unpaired) electrons. The first-order chi connectivity index (χ1) is 13.8. The number of anilines is 1. The number of nitrogens with one attached hydrogen (secondary N) is 1. The Bertz CT molecular complexity index is 861. The van der Waals surface area contributed by atoms with Crippen LogP contribution in [0, 0.1) is 11.3 Å². The molecule has 1 atom stereocenters. The SMILES string of the molecule is CC(C1CCN(c2ccnc(S(N)(=O)=O)c2C(=N)N=NN)CC1)N1CCOCC1. The molecule has 1 aromatic rings. The first-order valence-corrected chi connectivity index (χ1v) is 11.2. The lowest BCUT2D eigenvalue weighted by Gasteiger charge is -2.41. The molecule has 2 aliphatic heterocycles. The first-order valence-electron chi connectivity index (χ1n) is 9.61. The second kappa shape index (κ2) is 9.11. The molecule has 0 amide bonds. The predicted octanol–water partition coefficient (Wildman–Crippen LogP) is 0.317. The molecule has 3 rings (SSSR count). The fourth-order valence-electron chi connectivity index (χ4n) is 4.15. The summed E-state index contributed by atoms with van der Waals surface area (Å²) in [7, 11) is -4.14. The molecule has 1 unspecified atom stereocenters. The second-order valence-corrected chi connectivity index (χ2v) is 8.81. The van der Waals surface area contributed by atoms with Gasteiger partial charge in [0.05, 0.1) is 24.5 Å². The third-order valence-electron chi connectivity index (χ3n) is 5.74. The molecule has 0 aromatic carbocycles. The molecule has 160 valence electrons. The van der Waals surface area contributed by atoms with Gasteiger partial charge in [0.15, 0.2) is 10.9 Å². The van der Waals surface area contributed by atoms with Crippen molar-refractivity contribution in [3.8, 4) is 0 Å².